The minimum atomic E-state index is -0.541. The van der Waals surface area contributed by atoms with Crippen LogP contribution in [-0.4, -0.2) is 23.6 Å². The number of ether oxygens (including phenoxy) is 1. The number of aliphatic imine (C=N–C) groups is 2. The van der Waals surface area contributed by atoms with E-state index in [1.54, 1.807) is 26.8 Å². The van der Waals surface area contributed by atoms with Gasteiger partial charge in [0.1, 0.15) is 5.60 Å². The number of hydrogen-bond acceptors (Lipinski definition) is 3. The summed E-state index contributed by atoms with van der Waals surface area (Å²) in [6, 6.07) is 5.53. The molecule has 0 spiro atoms. The fourth-order valence-corrected chi connectivity index (χ4v) is 1.79. The van der Waals surface area contributed by atoms with Crippen LogP contribution in [0.5, 0.6) is 0 Å². The third-order valence-electron chi connectivity index (χ3n) is 2.44. The largest absolute Gasteiger partial charge is 0.444 e. The van der Waals surface area contributed by atoms with Crippen LogP contribution < -0.4 is 22.5 Å². The molecule has 1 aromatic rings. The number of rotatable bonds is 3. The standard InChI is InChI=1S/C15H24N6O2/c1-9-5-10(8-19-14(22)23-15(2,3)4)7-11(6-9)20-13(18)21-12(16)17/h5-7H,8H2,1-4H3,(H,19,22)(H6,16,17,18,20,21). The Kier molecular flexibility index (Phi) is 5.94. The second-order valence-corrected chi connectivity index (χ2v) is 6.04. The van der Waals surface area contributed by atoms with Gasteiger partial charge in [0.2, 0.25) is 5.96 Å². The number of carbonyl (C=O) groups is 1. The SMILES string of the molecule is Cc1cc(CNC(=O)OC(C)(C)C)cc(N=C(N)N=C(N)N)c1. The van der Waals surface area contributed by atoms with E-state index in [0.29, 0.717) is 12.2 Å². The molecule has 0 aliphatic heterocycles. The number of nitrogens with zero attached hydrogens (tertiary/aromatic N) is 2. The third-order valence-corrected chi connectivity index (χ3v) is 2.44. The molecule has 126 valence electrons. The lowest BCUT2D eigenvalue weighted by atomic mass is 10.1. The molecule has 0 aliphatic carbocycles. The van der Waals surface area contributed by atoms with Crippen molar-refractivity contribution in [3.8, 4) is 0 Å². The molecular formula is C15H24N6O2. The topological polar surface area (TPSA) is 141 Å². The number of alkyl carbamates (subject to hydrolysis) is 1. The predicted octanol–water partition coefficient (Wildman–Crippen LogP) is 1.24. The van der Waals surface area contributed by atoms with Gasteiger partial charge in [-0.25, -0.2) is 9.79 Å². The van der Waals surface area contributed by atoms with Crippen molar-refractivity contribution < 1.29 is 9.53 Å². The van der Waals surface area contributed by atoms with Crippen molar-refractivity contribution in [2.75, 3.05) is 0 Å². The van der Waals surface area contributed by atoms with Crippen molar-refractivity contribution in [2.45, 2.75) is 39.8 Å². The first-order valence-corrected chi connectivity index (χ1v) is 7.06. The normalized spacial score (nSPS) is 11.7. The molecule has 0 unspecified atom stereocenters. The molecule has 23 heavy (non-hydrogen) atoms. The number of guanidine groups is 2. The third kappa shape index (κ3) is 7.70. The van der Waals surface area contributed by atoms with E-state index in [4.69, 9.17) is 21.9 Å². The quantitative estimate of drug-likeness (QED) is 0.489. The van der Waals surface area contributed by atoms with E-state index < -0.39 is 11.7 Å². The summed E-state index contributed by atoms with van der Waals surface area (Å²) in [7, 11) is 0. The van der Waals surface area contributed by atoms with Crippen LogP contribution in [0.4, 0.5) is 10.5 Å². The first-order chi connectivity index (χ1) is 10.5. The van der Waals surface area contributed by atoms with Crippen molar-refractivity contribution in [1.29, 1.82) is 0 Å². The van der Waals surface area contributed by atoms with E-state index in [2.05, 4.69) is 15.3 Å². The molecule has 0 aliphatic rings. The minimum Gasteiger partial charge on any atom is -0.444 e. The number of amides is 1. The van der Waals surface area contributed by atoms with Gasteiger partial charge in [0.05, 0.1) is 5.69 Å². The molecule has 0 fully saturated rings. The second-order valence-electron chi connectivity index (χ2n) is 6.04. The second kappa shape index (κ2) is 7.48. The van der Waals surface area contributed by atoms with Crippen LogP contribution in [0.1, 0.15) is 31.9 Å². The van der Waals surface area contributed by atoms with Crippen LogP contribution in [-0.2, 0) is 11.3 Å². The Balaban J connectivity index is 2.82. The molecule has 0 heterocycles. The van der Waals surface area contributed by atoms with E-state index in [1.165, 1.54) is 0 Å². The zero-order valence-corrected chi connectivity index (χ0v) is 13.9. The van der Waals surface area contributed by atoms with Gasteiger partial charge in [0.15, 0.2) is 5.96 Å². The Morgan fingerprint density at radius 1 is 1.22 bits per heavy atom. The first-order valence-electron chi connectivity index (χ1n) is 7.06. The van der Waals surface area contributed by atoms with Crippen molar-refractivity contribution in [2.24, 2.45) is 27.2 Å². The lowest BCUT2D eigenvalue weighted by Crippen LogP contribution is -2.32. The van der Waals surface area contributed by atoms with Gasteiger partial charge >= 0.3 is 6.09 Å². The van der Waals surface area contributed by atoms with Crippen LogP contribution in [0.15, 0.2) is 28.2 Å². The van der Waals surface area contributed by atoms with Crippen LogP contribution in [0.3, 0.4) is 0 Å². The molecule has 0 radical (unpaired) electrons. The van der Waals surface area contributed by atoms with Crippen molar-refractivity contribution in [1.82, 2.24) is 5.32 Å². The number of carbonyl (C=O) groups excluding carboxylic acids is 1. The molecule has 8 heteroatoms. The summed E-state index contributed by atoms with van der Waals surface area (Å²) in [5, 5.41) is 2.69. The van der Waals surface area contributed by atoms with Gasteiger partial charge in [-0.05, 0) is 51.0 Å². The molecule has 0 bridgehead atoms. The summed E-state index contributed by atoms with van der Waals surface area (Å²) in [6.45, 7) is 7.63. The summed E-state index contributed by atoms with van der Waals surface area (Å²) in [4.78, 5) is 19.4. The summed E-state index contributed by atoms with van der Waals surface area (Å²) in [5.41, 5.74) is 18.0. The predicted molar refractivity (Wildman–Crippen MR) is 91.3 cm³/mol. The zero-order valence-electron chi connectivity index (χ0n) is 13.9. The Morgan fingerprint density at radius 3 is 2.43 bits per heavy atom. The number of nitrogens with one attached hydrogen (secondary N) is 1. The lowest BCUT2D eigenvalue weighted by Gasteiger charge is -2.19. The summed E-state index contributed by atoms with van der Waals surface area (Å²) < 4.78 is 5.19. The average Bonchev–Trinajstić information content (AvgIpc) is 2.32. The summed E-state index contributed by atoms with van der Waals surface area (Å²) in [5.74, 6) is -0.202. The van der Waals surface area contributed by atoms with Gasteiger partial charge in [-0.15, -0.1) is 0 Å². The Hall–Kier alpha value is -2.77. The highest BCUT2D eigenvalue weighted by Crippen LogP contribution is 2.18. The summed E-state index contributed by atoms with van der Waals surface area (Å²) >= 11 is 0. The lowest BCUT2D eigenvalue weighted by molar-refractivity contribution is 0.0523. The Bertz CT molecular complexity index is 627. The Morgan fingerprint density at radius 2 is 1.87 bits per heavy atom. The maximum Gasteiger partial charge on any atom is 0.407 e. The van der Waals surface area contributed by atoms with Crippen LogP contribution >= 0.6 is 0 Å². The number of benzene rings is 1. The maximum atomic E-state index is 11.7. The first kappa shape index (κ1) is 18.3. The maximum absolute atomic E-state index is 11.7. The molecule has 0 saturated heterocycles. The smallest absolute Gasteiger partial charge is 0.407 e. The molecular weight excluding hydrogens is 296 g/mol. The number of nitrogens with two attached hydrogens (primary N) is 3. The number of hydrogen-bond donors (Lipinski definition) is 4. The molecule has 8 nitrogen and oxygen atoms in total. The highest BCUT2D eigenvalue weighted by atomic mass is 16.6. The van der Waals surface area contributed by atoms with Gasteiger partial charge < -0.3 is 27.3 Å². The van der Waals surface area contributed by atoms with Crippen molar-refractivity contribution in [3.63, 3.8) is 0 Å². The summed E-state index contributed by atoms with van der Waals surface area (Å²) in [6.07, 6.45) is -0.482. The molecule has 0 saturated carbocycles. The van der Waals surface area contributed by atoms with Gasteiger partial charge in [-0.1, -0.05) is 6.07 Å². The average molecular weight is 320 g/mol. The fraction of sp³-hybridized carbons (Fsp3) is 0.400. The van der Waals surface area contributed by atoms with E-state index in [9.17, 15) is 4.79 Å². The van der Waals surface area contributed by atoms with E-state index in [0.717, 1.165) is 11.1 Å². The van der Waals surface area contributed by atoms with Gasteiger partial charge in [-0.3, -0.25) is 0 Å². The zero-order chi connectivity index (χ0) is 17.6. The van der Waals surface area contributed by atoms with Crippen molar-refractivity contribution >= 4 is 23.7 Å². The highest BCUT2D eigenvalue weighted by Gasteiger charge is 2.15. The van der Waals surface area contributed by atoms with Crippen LogP contribution in [0.25, 0.3) is 0 Å². The fourth-order valence-electron chi connectivity index (χ4n) is 1.79. The minimum absolute atomic E-state index is 0.0401. The van der Waals surface area contributed by atoms with Crippen LogP contribution in [0.2, 0.25) is 0 Å². The highest BCUT2D eigenvalue weighted by molar-refractivity contribution is 5.93. The molecule has 1 aromatic carbocycles. The van der Waals surface area contributed by atoms with E-state index >= 15 is 0 Å². The van der Waals surface area contributed by atoms with E-state index in [-0.39, 0.29) is 11.9 Å². The van der Waals surface area contributed by atoms with Crippen LogP contribution in [0, 0.1) is 6.92 Å². The van der Waals surface area contributed by atoms with Gasteiger partial charge in [-0.2, -0.15) is 4.99 Å². The van der Waals surface area contributed by atoms with E-state index in [1.807, 2.05) is 19.1 Å². The van der Waals surface area contributed by atoms with Crippen molar-refractivity contribution in [3.05, 3.63) is 29.3 Å². The molecule has 1 rings (SSSR count). The number of aryl methyl sites for hydroxylation is 1. The molecule has 1 amide bonds. The van der Waals surface area contributed by atoms with Gasteiger partial charge in [0, 0.05) is 6.54 Å². The Labute approximate surface area is 135 Å². The molecule has 0 aromatic heterocycles. The van der Waals surface area contributed by atoms with Gasteiger partial charge in [0.25, 0.3) is 0 Å². The molecule has 7 N–H and O–H groups in total. The monoisotopic (exact) mass is 320 g/mol. The molecule has 0 atom stereocenters.